The molecule has 86 valence electrons. The predicted molar refractivity (Wildman–Crippen MR) is 70.2 cm³/mol. The van der Waals surface area contributed by atoms with Crippen LogP contribution in [0.2, 0.25) is 0 Å². The molecule has 3 heteroatoms. The molecule has 0 N–H and O–H groups in total. The van der Waals surface area contributed by atoms with Crippen molar-refractivity contribution in [1.82, 2.24) is 9.97 Å². The smallest absolute Gasteiger partial charge is 0.135 e. The minimum absolute atomic E-state index is 0.0157. The van der Waals surface area contributed by atoms with Crippen molar-refractivity contribution in [3.05, 3.63) is 23.0 Å². The molecule has 0 radical (unpaired) electrons. The molecule has 0 unspecified atom stereocenters. The second kappa shape index (κ2) is 3.81. The third-order valence-corrected chi connectivity index (χ3v) is 3.38. The minimum atomic E-state index is 0.0157. The molecule has 2 aromatic heterocycles. The third kappa shape index (κ3) is 1.96. The van der Waals surface area contributed by atoms with Crippen LogP contribution in [0.15, 0.2) is 11.4 Å². The lowest BCUT2D eigenvalue weighted by Crippen LogP contribution is -2.17. The Morgan fingerprint density at radius 3 is 2.44 bits per heavy atom. The molecule has 0 fully saturated rings. The summed E-state index contributed by atoms with van der Waals surface area (Å²) in [5, 5.41) is 3.31. The summed E-state index contributed by atoms with van der Waals surface area (Å²) in [5.74, 6) is 1.40. The van der Waals surface area contributed by atoms with Gasteiger partial charge in [0.25, 0.3) is 0 Å². The molecule has 2 nitrogen and oxygen atoms in total. The van der Waals surface area contributed by atoms with Crippen molar-refractivity contribution in [2.24, 2.45) is 0 Å². The Hall–Kier alpha value is -0.960. The average Bonchev–Trinajstić information content (AvgIpc) is 2.61. The highest BCUT2D eigenvalue weighted by Crippen LogP contribution is 2.29. The molecule has 0 aliphatic carbocycles. The number of rotatable bonds is 1. The van der Waals surface area contributed by atoms with Crippen molar-refractivity contribution in [2.75, 3.05) is 0 Å². The van der Waals surface area contributed by atoms with Crippen LogP contribution in [-0.4, -0.2) is 9.97 Å². The maximum atomic E-state index is 4.74. The first-order chi connectivity index (χ1) is 7.39. The number of hydrogen-bond acceptors (Lipinski definition) is 3. The third-order valence-electron chi connectivity index (χ3n) is 2.57. The quantitative estimate of drug-likeness (QED) is 0.742. The second-order valence-electron chi connectivity index (χ2n) is 5.48. The van der Waals surface area contributed by atoms with Crippen molar-refractivity contribution < 1.29 is 0 Å². The molecule has 2 rings (SSSR count). The number of aromatic nitrogens is 2. The van der Waals surface area contributed by atoms with E-state index in [4.69, 9.17) is 4.98 Å². The van der Waals surface area contributed by atoms with E-state index in [0.717, 1.165) is 10.7 Å². The van der Waals surface area contributed by atoms with Crippen molar-refractivity contribution in [1.29, 1.82) is 0 Å². The summed E-state index contributed by atoms with van der Waals surface area (Å²) in [6.07, 6.45) is 0. The van der Waals surface area contributed by atoms with E-state index in [2.05, 4.69) is 51.0 Å². The minimum Gasteiger partial charge on any atom is -0.236 e. The van der Waals surface area contributed by atoms with Crippen molar-refractivity contribution in [2.45, 2.75) is 46.0 Å². The summed E-state index contributed by atoms with van der Waals surface area (Å²) in [6, 6.07) is 2.13. The van der Waals surface area contributed by atoms with Crippen LogP contribution in [-0.2, 0) is 5.41 Å². The molecule has 2 heterocycles. The number of nitrogens with zero attached hydrogens (tertiary/aromatic N) is 2. The molecular weight excluding hydrogens is 216 g/mol. The van der Waals surface area contributed by atoms with Gasteiger partial charge in [0.05, 0.1) is 5.69 Å². The summed E-state index contributed by atoms with van der Waals surface area (Å²) < 4.78 is 0. The van der Waals surface area contributed by atoms with Gasteiger partial charge in [-0.1, -0.05) is 34.6 Å². The van der Waals surface area contributed by atoms with E-state index in [1.807, 2.05) is 0 Å². The Kier molecular flexibility index (Phi) is 2.74. The van der Waals surface area contributed by atoms with E-state index >= 15 is 0 Å². The van der Waals surface area contributed by atoms with Gasteiger partial charge in [0, 0.05) is 10.8 Å². The van der Waals surface area contributed by atoms with Crippen LogP contribution in [0.1, 0.15) is 52.1 Å². The normalized spacial score (nSPS) is 12.6. The number of fused-ring (bicyclic) bond motifs is 1. The number of thiophene rings is 1. The lowest BCUT2D eigenvalue weighted by molar-refractivity contribution is 0.543. The van der Waals surface area contributed by atoms with E-state index < -0.39 is 0 Å². The monoisotopic (exact) mass is 234 g/mol. The Morgan fingerprint density at radius 2 is 1.88 bits per heavy atom. The van der Waals surface area contributed by atoms with E-state index in [1.165, 1.54) is 11.1 Å². The van der Waals surface area contributed by atoms with Gasteiger partial charge in [-0.05, 0) is 17.4 Å². The molecule has 0 bridgehead atoms. The summed E-state index contributed by atoms with van der Waals surface area (Å²) in [7, 11) is 0. The topological polar surface area (TPSA) is 25.8 Å². The largest absolute Gasteiger partial charge is 0.236 e. The Balaban J connectivity index is 2.71. The van der Waals surface area contributed by atoms with Crippen LogP contribution < -0.4 is 0 Å². The van der Waals surface area contributed by atoms with Crippen LogP contribution in [0.25, 0.3) is 10.2 Å². The molecule has 0 saturated heterocycles. The number of hydrogen-bond donors (Lipinski definition) is 0. The zero-order valence-corrected chi connectivity index (χ0v) is 11.4. The molecule has 0 saturated carbocycles. The standard InChI is InChI=1S/C13H18N2S/c1-8(2)10-9-6-7-16-11(9)15-12(14-10)13(3,4)5/h6-8H,1-5H3. The van der Waals surface area contributed by atoms with Gasteiger partial charge in [-0.3, -0.25) is 0 Å². The van der Waals surface area contributed by atoms with Gasteiger partial charge in [0.1, 0.15) is 10.7 Å². The lowest BCUT2D eigenvalue weighted by Gasteiger charge is -2.18. The van der Waals surface area contributed by atoms with E-state index in [-0.39, 0.29) is 5.41 Å². The first-order valence-electron chi connectivity index (χ1n) is 5.65. The molecule has 16 heavy (non-hydrogen) atoms. The first-order valence-corrected chi connectivity index (χ1v) is 6.53. The molecule has 0 aliphatic rings. The van der Waals surface area contributed by atoms with Gasteiger partial charge >= 0.3 is 0 Å². The molecule has 2 aromatic rings. The van der Waals surface area contributed by atoms with Gasteiger partial charge in [-0.15, -0.1) is 11.3 Å². The summed E-state index contributed by atoms with van der Waals surface area (Å²) in [5.41, 5.74) is 1.19. The van der Waals surface area contributed by atoms with E-state index in [0.29, 0.717) is 5.92 Å². The Morgan fingerprint density at radius 1 is 1.19 bits per heavy atom. The fraction of sp³-hybridized carbons (Fsp3) is 0.538. The molecule has 0 amide bonds. The highest BCUT2D eigenvalue weighted by Gasteiger charge is 2.20. The van der Waals surface area contributed by atoms with E-state index in [1.54, 1.807) is 11.3 Å². The van der Waals surface area contributed by atoms with Gasteiger partial charge in [0.15, 0.2) is 0 Å². The Bertz CT molecular complexity index is 506. The second-order valence-corrected chi connectivity index (χ2v) is 6.37. The lowest BCUT2D eigenvalue weighted by atomic mass is 9.95. The molecule has 0 aromatic carbocycles. The summed E-state index contributed by atoms with van der Waals surface area (Å²) in [6.45, 7) is 10.8. The van der Waals surface area contributed by atoms with Crippen molar-refractivity contribution in [3.8, 4) is 0 Å². The first kappa shape index (κ1) is 11.5. The van der Waals surface area contributed by atoms with Crippen LogP contribution in [0, 0.1) is 0 Å². The molecule has 0 spiro atoms. The van der Waals surface area contributed by atoms with Crippen LogP contribution in [0.3, 0.4) is 0 Å². The SMILES string of the molecule is CC(C)c1nc(C(C)(C)C)nc2sccc12. The highest BCUT2D eigenvalue weighted by molar-refractivity contribution is 7.16. The van der Waals surface area contributed by atoms with E-state index in [9.17, 15) is 0 Å². The fourth-order valence-corrected chi connectivity index (χ4v) is 2.43. The Labute approximate surface area is 101 Å². The van der Waals surface area contributed by atoms with Crippen molar-refractivity contribution >= 4 is 21.6 Å². The molecule has 0 atom stereocenters. The van der Waals surface area contributed by atoms with Gasteiger partial charge < -0.3 is 0 Å². The van der Waals surface area contributed by atoms with Crippen molar-refractivity contribution in [3.63, 3.8) is 0 Å². The average molecular weight is 234 g/mol. The van der Waals surface area contributed by atoms with Gasteiger partial charge in [-0.25, -0.2) is 9.97 Å². The van der Waals surface area contributed by atoms with Gasteiger partial charge in [-0.2, -0.15) is 0 Å². The predicted octanol–water partition coefficient (Wildman–Crippen LogP) is 4.11. The maximum absolute atomic E-state index is 4.74. The fourth-order valence-electron chi connectivity index (χ4n) is 1.65. The maximum Gasteiger partial charge on any atom is 0.135 e. The molecule has 0 aliphatic heterocycles. The summed E-state index contributed by atoms with van der Waals surface area (Å²) >= 11 is 1.70. The molecular formula is C13H18N2S. The van der Waals surface area contributed by atoms with Crippen LogP contribution >= 0.6 is 11.3 Å². The van der Waals surface area contributed by atoms with Crippen LogP contribution in [0.5, 0.6) is 0 Å². The van der Waals surface area contributed by atoms with Crippen LogP contribution in [0.4, 0.5) is 0 Å². The highest BCUT2D eigenvalue weighted by atomic mass is 32.1. The van der Waals surface area contributed by atoms with Gasteiger partial charge in [0.2, 0.25) is 0 Å². The zero-order valence-electron chi connectivity index (χ0n) is 10.5. The zero-order chi connectivity index (χ0) is 11.9. The summed E-state index contributed by atoms with van der Waals surface area (Å²) in [4.78, 5) is 10.5.